The van der Waals surface area contributed by atoms with E-state index in [1.165, 1.54) is 11.3 Å². The van der Waals surface area contributed by atoms with Gasteiger partial charge in [0, 0.05) is 48.0 Å². The lowest BCUT2D eigenvalue weighted by atomic mass is 10.0. The molecule has 1 N–H and O–H groups in total. The van der Waals surface area contributed by atoms with Crippen molar-refractivity contribution in [1.82, 2.24) is 20.2 Å². The van der Waals surface area contributed by atoms with E-state index in [9.17, 15) is 9.59 Å². The standard InChI is InChI=1S/C24H26N4O3S/c1-2-31-21-7-5-17(6-8-21)24(30)28-12-9-19(10-13-28)26-22(29)14-20-16-32-23(27-20)18-4-3-11-25-15-18/h3-8,11,15-16,19H,2,9-10,12-14H2,1H3,(H,26,29). The minimum absolute atomic E-state index is 0.0169. The van der Waals surface area contributed by atoms with Crippen LogP contribution in [0.3, 0.4) is 0 Å². The fourth-order valence-electron chi connectivity index (χ4n) is 3.72. The second-order valence-corrected chi connectivity index (χ2v) is 8.51. The van der Waals surface area contributed by atoms with E-state index in [0.717, 1.165) is 34.9 Å². The van der Waals surface area contributed by atoms with Crippen LogP contribution in [0, 0.1) is 0 Å². The summed E-state index contributed by atoms with van der Waals surface area (Å²) in [4.78, 5) is 35.8. The molecule has 0 aliphatic carbocycles. The number of thiazole rings is 1. The number of ether oxygens (including phenoxy) is 1. The lowest BCUT2D eigenvalue weighted by molar-refractivity contribution is -0.121. The fraction of sp³-hybridized carbons (Fsp3) is 0.333. The first-order valence-electron chi connectivity index (χ1n) is 10.8. The third-order valence-electron chi connectivity index (χ3n) is 5.36. The van der Waals surface area contributed by atoms with Gasteiger partial charge in [-0.2, -0.15) is 0 Å². The van der Waals surface area contributed by atoms with Crippen molar-refractivity contribution in [2.45, 2.75) is 32.2 Å². The van der Waals surface area contributed by atoms with Gasteiger partial charge in [0.1, 0.15) is 10.8 Å². The lowest BCUT2D eigenvalue weighted by Gasteiger charge is -2.32. The fourth-order valence-corrected chi connectivity index (χ4v) is 4.53. The van der Waals surface area contributed by atoms with Crippen LogP contribution in [0.5, 0.6) is 5.75 Å². The molecule has 3 heterocycles. The summed E-state index contributed by atoms with van der Waals surface area (Å²) in [6, 6.07) is 11.1. The smallest absolute Gasteiger partial charge is 0.253 e. The van der Waals surface area contributed by atoms with Gasteiger partial charge in [0.15, 0.2) is 0 Å². The molecular formula is C24H26N4O3S. The van der Waals surface area contributed by atoms with Gasteiger partial charge in [0.25, 0.3) is 5.91 Å². The third kappa shape index (κ3) is 5.50. The Hall–Kier alpha value is -3.26. The minimum atomic E-state index is -0.0377. The van der Waals surface area contributed by atoms with E-state index in [-0.39, 0.29) is 24.3 Å². The van der Waals surface area contributed by atoms with E-state index in [4.69, 9.17) is 4.74 Å². The number of likely N-dealkylation sites (tertiary alicyclic amines) is 1. The molecule has 4 rings (SSSR count). The number of carbonyl (C=O) groups excluding carboxylic acids is 2. The first-order valence-corrected chi connectivity index (χ1v) is 11.7. The molecule has 166 valence electrons. The van der Waals surface area contributed by atoms with Crippen molar-refractivity contribution >= 4 is 23.2 Å². The Bertz CT molecular complexity index is 1040. The number of amides is 2. The summed E-state index contributed by atoms with van der Waals surface area (Å²) in [5.41, 5.74) is 2.37. The minimum Gasteiger partial charge on any atom is -0.494 e. The van der Waals surface area contributed by atoms with Crippen LogP contribution in [0.25, 0.3) is 10.6 Å². The van der Waals surface area contributed by atoms with Crippen molar-refractivity contribution in [2.75, 3.05) is 19.7 Å². The Morgan fingerprint density at radius 3 is 2.66 bits per heavy atom. The van der Waals surface area contributed by atoms with Crippen LogP contribution in [-0.4, -0.2) is 52.4 Å². The van der Waals surface area contributed by atoms with Gasteiger partial charge >= 0.3 is 0 Å². The molecule has 0 unspecified atom stereocenters. The number of benzene rings is 1. The van der Waals surface area contributed by atoms with Gasteiger partial charge in [-0.1, -0.05) is 0 Å². The highest BCUT2D eigenvalue weighted by Crippen LogP contribution is 2.23. The zero-order chi connectivity index (χ0) is 22.3. The molecule has 0 radical (unpaired) electrons. The first kappa shape index (κ1) is 22.0. The number of hydrogen-bond acceptors (Lipinski definition) is 6. The van der Waals surface area contributed by atoms with Crippen LogP contribution in [0.15, 0.2) is 54.2 Å². The van der Waals surface area contributed by atoms with Crippen molar-refractivity contribution in [1.29, 1.82) is 0 Å². The summed E-state index contributed by atoms with van der Waals surface area (Å²) < 4.78 is 5.43. The second kappa shape index (κ2) is 10.4. The zero-order valence-electron chi connectivity index (χ0n) is 18.0. The highest BCUT2D eigenvalue weighted by Gasteiger charge is 2.25. The average molecular weight is 451 g/mol. The van der Waals surface area contributed by atoms with Crippen LogP contribution in [-0.2, 0) is 11.2 Å². The maximum Gasteiger partial charge on any atom is 0.253 e. The second-order valence-electron chi connectivity index (χ2n) is 7.65. The van der Waals surface area contributed by atoms with Crippen molar-refractivity contribution in [3.63, 3.8) is 0 Å². The number of rotatable bonds is 7. The number of hydrogen-bond donors (Lipinski definition) is 1. The predicted octanol–water partition coefficient (Wildman–Crippen LogP) is 3.57. The number of aromatic nitrogens is 2. The highest BCUT2D eigenvalue weighted by molar-refractivity contribution is 7.13. The maximum atomic E-state index is 12.7. The molecule has 1 aromatic carbocycles. The van der Waals surface area contributed by atoms with E-state index in [1.807, 2.05) is 41.5 Å². The first-order chi connectivity index (χ1) is 15.6. The topological polar surface area (TPSA) is 84.4 Å². The summed E-state index contributed by atoms with van der Waals surface area (Å²) in [7, 11) is 0. The van der Waals surface area contributed by atoms with Crippen LogP contribution in [0.1, 0.15) is 35.8 Å². The van der Waals surface area contributed by atoms with Crippen molar-refractivity contribution in [2.24, 2.45) is 0 Å². The van der Waals surface area contributed by atoms with Gasteiger partial charge in [-0.15, -0.1) is 11.3 Å². The third-order valence-corrected chi connectivity index (χ3v) is 6.30. The molecule has 0 saturated carbocycles. The molecule has 1 aliphatic rings. The molecule has 0 atom stereocenters. The van der Waals surface area contributed by atoms with Gasteiger partial charge < -0.3 is 15.0 Å². The molecule has 32 heavy (non-hydrogen) atoms. The number of nitrogens with one attached hydrogen (secondary N) is 1. The monoisotopic (exact) mass is 450 g/mol. The number of carbonyl (C=O) groups is 2. The molecule has 1 saturated heterocycles. The highest BCUT2D eigenvalue weighted by atomic mass is 32.1. The Balaban J connectivity index is 1.24. The number of piperidine rings is 1. The largest absolute Gasteiger partial charge is 0.494 e. The number of pyridine rings is 1. The van der Waals surface area contributed by atoms with E-state index in [0.29, 0.717) is 25.3 Å². The summed E-state index contributed by atoms with van der Waals surface area (Å²) in [6.45, 7) is 3.77. The molecule has 2 aromatic heterocycles. The molecular weight excluding hydrogens is 424 g/mol. The SMILES string of the molecule is CCOc1ccc(C(=O)N2CCC(NC(=O)Cc3csc(-c4cccnc4)n3)CC2)cc1. The molecule has 0 spiro atoms. The molecule has 8 heteroatoms. The van der Waals surface area contributed by atoms with Gasteiger partial charge in [0.05, 0.1) is 18.7 Å². The van der Waals surface area contributed by atoms with E-state index >= 15 is 0 Å². The molecule has 1 fully saturated rings. The average Bonchev–Trinajstić information content (AvgIpc) is 3.29. The Kier molecular flexibility index (Phi) is 7.11. The number of nitrogens with zero attached hydrogens (tertiary/aromatic N) is 3. The van der Waals surface area contributed by atoms with Gasteiger partial charge in [-0.25, -0.2) is 4.98 Å². The van der Waals surface area contributed by atoms with Crippen molar-refractivity contribution in [3.05, 3.63) is 65.4 Å². The van der Waals surface area contributed by atoms with E-state index in [1.54, 1.807) is 24.5 Å². The summed E-state index contributed by atoms with van der Waals surface area (Å²) in [6.07, 6.45) is 5.23. The quantitative estimate of drug-likeness (QED) is 0.595. The van der Waals surface area contributed by atoms with Crippen molar-refractivity contribution in [3.8, 4) is 16.3 Å². The molecule has 7 nitrogen and oxygen atoms in total. The zero-order valence-corrected chi connectivity index (χ0v) is 18.8. The van der Waals surface area contributed by atoms with Crippen molar-refractivity contribution < 1.29 is 14.3 Å². The normalized spacial score (nSPS) is 14.2. The van der Waals surface area contributed by atoms with Gasteiger partial charge in [-0.3, -0.25) is 14.6 Å². The molecule has 0 bridgehead atoms. The Morgan fingerprint density at radius 2 is 1.97 bits per heavy atom. The van der Waals surface area contributed by atoms with E-state index < -0.39 is 0 Å². The Morgan fingerprint density at radius 1 is 1.19 bits per heavy atom. The maximum absolute atomic E-state index is 12.7. The summed E-state index contributed by atoms with van der Waals surface area (Å²) in [5, 5.41) is 5.88. The summed E-state index contributed by atoms with van der Waals surface area (Å²) >= 11 is 1.51. The molecule has 1 aliphatic heterocycles. The van der Waals surface area contributed by atoms with Crippen LogP contribution in [0.2, 0.25) is 0 Å². The van der Waals surface area contributed by atoms with Crippen LogP contribution < -0.4 is 10.1 Å². The van der Waals surface area contributed by atoms with Gasteiger partial charge in [0.2, 0.25) is 5.91 Å². The van der Waals surface area contributed by atoms with E-state index in [2.05, 4.69) is 15.3 Å². The summed E-state index contributed by atoms with van der Waals surface area (Å²) in [5.74, 6) is 0.741. The molecule has 3 aromatic rings. The van der Waals surface area contributed by atoms with Crippen LogP contribution in [0.4, 0.5) is 0 Å². The predicted molar refractivity (Wildman–Crippen MR) is 124 cm³/mol. The lowest BCUT2D eigenvalue weighted by Crippen LogP contribution is -2.46. The Labute approximate surface area is 191 Å². The van der Waals surface area contributed by atoms with Gasteiger partial charge in [-0.05, 0) is 56.2 Å². The van der Waals surface area contributed by atoms with Crippen LogP contribution >= 0.6 is 11.3 Å². The molecule has 2 amide bonds.